The maximum absolute atomic E-state index is 11.8. The Morgan fingerprint density at radius 1 is 1.39 bits per heavy atom. The highest BCUT2D eigenvalue weighted by molar-refractivity contribution is 5.94. The highest BCUT2D eigenvalue weighted by Crippen LogP contribution is 2.06. The third-order valence-electron chi connectivity index (χ3n) is 2.69. The van der Waals surface area contributed by atoms with Crippen LogP contribution in [-0.4, -0.2) is 22.1 Å². The molecule has 0 saturated heterocycles. The standard InChI is InChI=1S/C13H16N4O/c14-12(7-6-10-4-2-1-3-5-10)13(18)17-11-8-15-16-9-11/h1-5,8-9,12H,6-7,14H2,(H,15,16)(H,17,18). The number of carbonyl (C=O) groups is 1. The molecule has 94 valence electrons. The van der Waals surface area contributed by atoms with Gasteiger partial charge in [0, 0.05) is 6.20 Å². The molecule has 0 fully saturated rings. The van der Waals surface area contributed by atoms with Crippen molar-refractivity contribution in [2.24, 2.45) is 5.73 Å². The summed E-state index contributed by atoms with van der Waals surface area (Å²) in [5.74, 6) is -0.188. The van der Waals surface area contributed by atoms with Crippen molar-refractivity contribution in [1.29, 1.82) is 0 Å². The molecule has 1 aromatic heterocycles. The largest absolute Gasteiger partial charge is 0.322 e. The fourth-order valence-electron chi connectivity index (χ4n) is 1.65. The smallest absolute Gasteiger partial charge is 0.241 e. The topological polar surface area (TPSA) is 83.8 Å². The minimum absolute atomic E-state index is 0.188. The predicted molar refractivity (Wildman–Crippen MR) is 70.0 cm³/mol. The van der Waals surface area contributed by atoms with Crippen LogP contribution in [0.15, 0.2) is 42.7 Å². The SMILES string of the molecule is NC(CCc1ccccc1)C(=O)Nc1cn[nH]c1. The van der Waals surface area contributed by atoms with E-state index in [9.17, 15) is 4.79 Å². The Bertz CT molecular complexity index is 481. The molecule has 0 aliphatic heterocycles. The fourth-order valence-corrected chi connectivity index (χ4v) is 1.65. The van der Waals surface area contributed by atoms with Crippen LogP contribution in [0, 0.1) is 0 Å². The van der Waals surface area contributed by atoms with Gasteiger partial charge in [-0.15, -0.1) is 0 Å². The molecule has 2 rings (SSSR count). The van der Waals surface area contributed by atoms with E-state index >= 15 is 0 Å². The zero-order valence-electron chi connectivity index (χ0n) is 9.97. The van der Waals surface area contributed by atoms with Crippen molar-refractivity contribution in [1.82, 2.24) is 10.2 Å². The van der Waals surface area contributed by atoms with Crippen LogP contribution in [0.1, 0.15) is 12.0 Å². The van der Waals surface area contributed by atoms with Gasteiger partial charge in [0.1, 0.15) is 0 Å². The van der Waals surface area contributed by atoms with Gasteiger partial charge in [0.2, 0.25) is 5.91 Å². The lowest BCUT2D eigenvalue weighted by Crippen LogP contribution is -2.35. The number of H-pyrrole nitrogens is 1. The summed E-state index contributed by atoms with van der Waals surface area (Å²) in [6.45, 7) is 0. The molecule has 5 nitrogen and oxygen atoms in total. The average Bonchev–Trinajstić information content (AvgIpc) is 2.90. The second-order valence-corrected chi connectivity index (χ2v) is 4.11. The number of rotatable bonds is 5. The molecule has 0 aliphatic carbocycles. The van der Waals surface area contributed by atoms with Gasteiger partial charge in [0.05, 0.1) is 17.9 Å². The number of nitrogens with one attached hydrogen (secondary N) is 2. The van der Waals surface area contributed by atoms with E-state index < -0.39 is 6.04 Å². The van der Waals surface area contributed by atoms with E-state index in [1.807, 2.05) is 30.3 Å². The monoisotopic (exact) mass is 244 g/mol. The number of hydrogen-bond acceptors (Lipinski definition) is 3. The Morgan fingerprint density at radius 3 is 2.83 bits per heavy atom. The summed E-state index contributed by atoms with van der Waals surface area (Å²) in [6, 6.07) is 9.47. The molecule has 18 heavy (non-hydrogen) atoms. The van der Waals surface area contributed by atoms with Gasteiger partial charge in [-0.25, -0.2) is 0 Å². The van der Waals surface area contributed by atoms with E-state index in [2.05, 4.69) is 15.5 Å². The van der Waals surface area contributed by atoms with E-state index in [-0.39, 0.29) is 5.91 Å². The normalized spacial score (nSPS) is 12.1. The van der Waals surface area contributed by atoms with Crippen molar-refractivity contribution in [2.75, 3.05) is 5.32 Å². The second-order valence-electron chi connectivity index (χ2n) is 4.11. The van der Waals surface area contributed by atoms with Crippen LogP contribution in [0.4, 0.5) is 5.69 Å². The average molecular weight is 244 g/mol. The van der Waals surface area contributed by atoms with E-state index in [1.165, 1.54) is 5.56 Å². The predicted octanol–water partition coefficient (Wildman–Crippen LogP) is 1.31. The molecule has 0 saturated carbocycles. The van der Waals surface area contributed by atoms with Gasteiger partial charge in [0.15, 0.2) is 0 Å². The molecule has 1 heterocycles. The molecular weight excluding hydrogens is 228 g/mol. The van der Waals surface area contributed by atoms with Crippen molar-refractivity contribution in [3.63, 3.8) is 0 Å². The van der Waals surface area contributed by atoms with E-state index in [1.54, 1.807) is 12.4 Å². The maximum Gasteiger partial charge on any atom is 0.241 e. The number of aromatic amines is 1. The molecule has 0 aliphatic rings. The van der Waals surface area contributed by atoms with E-state index in [0.29, 0.717) is 12.1 Å². The van der Waals surface area contributed by atoms with Crippen LogP contribution in [0.5, 0.6) is 0 Å². The van der Waals surface area contributed by atoms with Crippen LogP contribution in [0.2, 0.25) is 0 Å². The Balaban J connectivity index is 1.81. The van der Waals surface area contributed by atoms with Gasteiger partial charge < -0.3 is 11.1 Å². The first-order valence-electron chi connectivity index (χ1n) is 5.85. The Labute approximate surface area is 105 Å². The van der Waals surface area contributed by atoms with Crippen LogP contribution in [-0.2, 0) is 11.2 Å². The Kier molecular flexibility index (Phi) is 4.09. The first kappa shape index (κ1) is 12.3. The summed E-state index contributed by atoms with van der Waals surface area (Å²) >= 11 is 0. The quantitative estimate of drug-likeness (QED) is 0.741. The number of carbonyl (C=O) groups excluding carboxylic acids is 1. The maximum atomic E-state index is 11.8. The number of amides is 1. The van der Waals surface area contributed by atoms with Crippen molar-refractivity contribution in [2.45, 2.75) is 18.9 Å². The molecule has 2 aromatic rings. The number of aryl methyl sites for hydroxylation is 1. The molecule has 1 atom stereocenters. The number of hydrogen-bond donors (Lipinski definition) is 3. The van der Waals surface area contributed by atoms with Crippen LogP contribution in [0.3, 0.4) is 0 Å². The molecule has 0 bridgehead atoms. The van der Waals surface area contributed by atoms with Crippen LogP contribution < -0.4 is 11.1 Å². The highest BCUT2D eigenvalue weighted by atomic mass is 16.2. The molecule has 4 N–H and O–H groups in total. The summed E-state index contributed by atoms with van der Waals surface area (Å²) in [4.78, 5) is 11.8. The number of nitrogens with zero attached hydrogens (tertiary/aromatic N) is 1. The Morgan fingerprint density at radius 2 is 2.17 bits per heavy atom. The zero-order valence-corrected chi connectivity index (χ0v) is 9.97. The number of anilines is 1. The van der Waals surface area contributed by atoms with Crippen molar-refractivity contribution >= 4 is 11.6 Å². The number of aromatic nitrogens is 2. The summed E-state index contributed by atoms with van der Waals surface area (Å²) in [6.07, 6.45) is 4.57. The number of benzene rings is 1. The second kappa shape index (κ2) is 5.97. The summed E-state index contributed by atoms with van der Waals surface area (Å²) in [7, 11) is 0. The van der Waals surface area contributed by atoms with Gasteiger partial charge in [-0.05, 0) is 18.4 Å². The van der Waals surface area contributed by atoms with Crippen LogP contribution >= 0.6 is 0 Å². The van der Waals surface area contributed by atoms with Gasteiger partial charge in [0.25, 0.3) is 0 Å². The van der Waals surface area contributed by atoms with Gasteiger partial charge in [-0.2, -0.15) is 5.10 Å². The van der Waals surface area contributed by atoms with Gasteiger partial charge in [-0.1, -0.05) is 30.3 Å². The zero-order chi connectivity index (χ0) is 12.8. The Hall–Kier alpha value is -2.14. The summed E-state index contributed by atoms with van der Waals surface area (Å²) in [5.41, 5.74) is 7.66. The minimum Gasteiger partial charge on any atom is -0.322 e. The molecule has 0 radical (unpaired) electrons. The van der Waals surface area contributed by atoms with Crippen molar-refractivity contribution in [3.8, 4) is 0 Å². The van der Waals surface area contributed by atoms with Crippen molar-refractivity contribution < 1.29 is 4.79 Å². The third kappa shape index (κ3) is 3.43. The minimum atomic E-state index is -0.514. The highest BCUT2D eigenvalue weighted by Gasteiger charge is 2.13. The molecule has 1 aromatic carbocycles. The molecule has 5 heteroatoms. The van der Waals surface area contributed by atoms with E-state index in [4.69, 9.17) is 5.73 Å². The fraction of sp³-hybridized carbons (Fsp3) is 0.231. The van der Waals surface area contributed by atoms with Crippen molar-refractivity contribution in [3.05, 3.63) is 48.3 Å². The molecule has 1 unspecified atom stereocenters. The number of nitrogens with two attached hydrogens (primary N) is 1. The molecule has 1 amide bonds. The van der Waals surface area contributed by atoms with Gasteiger partial charge >= 0.3 is 0 Å². The lowest BCUT2D eigenvalue weighted by Gasteiger charge is -2.10. The van der Waals surface area contributed by atoms with E-state index in [0.717, 1.165) is 6.42 Å². The summed E-state index contributed by atoms with van der Waals surface area (Å²) < 4.78 is 0. The van der Waals surface area contributed by atoms with Crippen LogP contribution in [0.25, 0.3) is 0 Å². The summed E-state index contributed by atoms with van der Waals surface area (Å²) in [5, 5.41) is 9.07. The third-order valence-corrected chi connectivity index (χ3v) is 2.69. The molecule has 0 spiro atoms. The lowest BCUT2D eigenvalue weighted by atomic mass is 10.1. The lowest BCUT2D eigenvalue weighted by molar-refractivity contribution is -0.117. The first-order chi connectivity index (χ1) is 8.75. The first-order valence-corrected chi connectivity index (χ1v) is 5.85. The molecular formula is C13H16N4O. The van der Waals surface area contributed by atoms with Gasteiger partial charge in [-0.3, -0.25) is 9.89 Å².